The number of esters is 1. The smallest absolute Gasteiger partial charge is 0.306 e. The maximum atomic E-state index is 12.4. The van der Waals surface area contributed by atoms with Gasteiger partial charge in [0.1, 0.15) is 6.10 Å². The topological polar surface area (TPSA) is 63.6 Å². The normalized spacial score (nSPS) is 12.1. The Morgan fingerprint density at radius 2 is 0.861 bits per heavy atom. The minimum Gasteiger partial charge on any atom is -0.481 e. The van der Waals surface area contributed by atoms with Gasteiger partial charge in [-0.05, 0) is 32.1 Å². The lowest BCUT2D eigenvalue weighted by molar-refractivity contribution is -0.150. The molecule has 0 fully saturated rings. The third-order valence-electron chi connectivity index (χ3n) is 7.33. The summed E-state index contributed by atoms with van der Waals surface area (Å²) in [5.41, 5.74) is 0. The Labute approximate surface area is 224 Å². The van der Waals surface area contributed by atoms with Gasteiger partial charge in [0, 0.05) is 12.8 Å². The molecular weight excluding hydrogens is 448 g/mol. The third kappa shape index (κ3) is 27.5. The Morgan fingerprint density at radius 1 is 0.500 bits per heavy atom. The summed E-state index contributed by atoms with van der Waals surface area (Å²) < 4.78 is 5.78. The van der Waals surface area contributed by atoms with Gasteiger partial charge in [0.05, 0.1) is 0 Å². The van der Waals surface area contributed by atoms with E-state index < -0.39 is 5.97 Å². The zero-order valence-electron chi connectivity index (χ0n) is 24.3. The molecule has 1 atom stereocenters. The third-order valence-corrected chi connectivity index (χ3v) is 7.33. The number of ether oxygens (including phenoxy) is 1. The number of carbonyl (C=O) groups excluding carboxylic acids is 1. The molecule has 1 unspecified atom stereocenters. The summed E-state index contributed by atoms with van der Waals surface area (Å²) in [7, 11) is 0. The quantitative estimate of drug-likeness (QED) is 0.0802. The molecule has 0 saturated heterocycles. The van der Waals surface area contributed by atoms with Crippen LogP contribution in [-0.4, -0.2) is 23.1 Å². The summed E-state index contributed by atoms with van der Waals surface area (Å²) in [5, 5.41) is 8.94. The van der Waals surface area contributed by atoms with Crippen molar-refractivity contribution in [2.24, 2.45) is 0 Å². The fourth-order valence-corrected chi connectivity index (χ4v) is 4.96. The first-order chi connectivity index (χ1) is 17.6. The van der Waals surface area contributed by atoms with Crippen LogP contribution in [0.4, 0.5) is 0 Å². The minimum atomic E-state index is -0.768. The van der Waals surface area contributed by atoms with Crippen LogP contribution in [0.5, 0.6) is 0 Å². The van der Waals surface area contributed by atoms with Crippen LogP contribution in [0.2, 0.25) is 0 Å². The van der Waals surface area contributed by atoms with Gasteiger partial charge in [-0.1, -0.05) is 142 Å². The van der Waals surface area contributed by atoms with Crippen molar-refractivity contribution in [3.63, 3.8) is 0 Å². The van der Waals surface area contributed by atoms with Crippen LogP contribution >= 0.6 is 0 Å². The molecule has 36 heavy (non-hydrogen) atoms. The molecule has 0 radical (unpaired) electrons. The molecule has 4 heteroatoms. The van der Waals surface area contributed by atoms with Crippen LogP contribution in [-0.2, 0) is 14.3 Å². The molecule has 0 bridgehead atoms. The zero-order valence-corrected chi connectivity index (χ0v) is 24.3. The molecule has 0 heterocycles. The SMILES string of the molecule is CCCCCCCCCCCCCCCC(=O)OC(CCCCCCCCCCC)CCCC(=O)O. The van der Waals surface area contributed by atoms with Gasteiger partial charge < -0.3 is 9.84 Å². The van der Waals surface area contributed by atoms with Crippen LogP contribution in [0.15, 0.2) is 0 Å². The predicted molar refractivity (Wildman–Crippen MR) is 154 cm³/mol. The van der Waals surface area contributed by atoms with Crippen molar-refractivity contribution < 1.29 is 19.4 Å². The summed E-state index contributed by atoms with van der Waals surface area (Å²) in [4.78, 5) is 23.2. The van der Waals surface area contributed by atoms with E-state index in [9.17, 15) is 9.59 Å². The second kappa shape index (κ2) is 28.5. The van der Waals surface area contributed by atoms with Gasteiger partial charge >= 0.3 is 11.9 Å². The van der Waals surface area contributed by atoms with Gasteiger partial charge in [-0.25, -0.2) is 0 Å². The number of hydrogen-bond acceptors (Lipinski definition) is 3. The number of carbonyl (C=O) groups is 2. The molecule has 0 aromatic rings. The average molecular weight is 511 g/mol. The maximum Gasteiger partial charge on any atom is 0.306 e. The minimum absolute atomic E-state index is 0.0886. The highest BCUT2D eigenvalue weighted by molar-refractivity contribution is 5.69. The number of hydrogen-bond donors (Lipinski definition) is 1. The summed E-state index contributed by atoms with van der Waals surface area (Å²) in [5.74, 6) is -0.857. The van der Waals surface area contributed by atoms with Crippen LogP contribution in [0.1, 0.15) is 187 Å². The van der Waals surface area contributed by atoms with Gasteiger partial charge in [-0.15, -0.1) is 0 Å². The van der Waals surface area contributed by atoms with Crippen molar-refractivity contribution in [2.75, 3.05) is 0 Å². The first kappa shape index (κ1) is 34.9. The molecule has 0 aliphatic carbocycles. The summed E-state index contributed by atoms with van der Waals surface area (Å²) >= 11 is 0. The molecule has 1 N–H and O–H groups in total. The van der Waals surface area contributed by atoms with E-state index in [4.69, 9.17) is 9.84 Å². The fraction of sp³-hybridized carbons (Fsp3) is 0.938. The lowest BCUT2D eigenvalue weighted by Crippen LogP contribution is -2.18. The predicted octanol–water partition coefficient (Wildman–Crippen LogP) is 10.6. The summed E-state index contributed by atoms with van der Waals surface area (Å²) in [6, 6.07) is 0. The van der Waals surface area contributed by atoms with Crippen molar-refractivity contribution >= 4 is 11.9 Å². The highest BCUT2D eigenvalue weighted by Crippen LogP contribution is 2.18. The highest BCUT2D eigenvalue weighted by atomic mass is 16.5. The lowest BCUT2D eigenvalue weighted by Gasteiger charge is -2.18. The van der Waals surface area contributed by atoms with Crippen molar-refractivity contribution in [3.8, 4) is 0 Å². The summed E-state index contributed by atoms with van der Waals surface area (Å²) in [6.45, 7) is 4.52. The van der Waals surface area contributed by atoms with Crippen LogP contribution in [0, 0.1) is 0 Å². The number of carboxylic acids is 1. The Balaban J connectivity index is 3.82. The van der Waals surface area contributed by atoms with Gasteiger partial charge in [0.15, 0.2) is 0 Å². The van der Waals surface area contributed by atoms with E-state index in [0.717, 1.165) is 25.7 Å². The molecule has 0 saturated carbocycles. The van der Waals surface area contributed by atoms with Gasteiger partial charge in [0.2, 0.25) is 0 Å². The molecule has 0 aromatic heterocycles. The van der Waals surface area contributed by atoms with E-state index in [1.54, 1.807) is 0 Å². The van der Waals surface area contributed by atoms with E-state index >= 15 is 0 Å². The number of unbranched alkanes of at least 4 members (excludes halogenated alkanes) is 20. The first-order valence-corrected chi connectivity index (χ1v) is 16.0. The molecule has 0 rings (SSSR count). The molecular formula is C32H62O4. The molecule has 0 amide bonds. The second-order valence-electron chi connectivity index (χ2n) is 11.0. The van der Waals surface area contributed by atoms with Gasteiger partial charge in [0.25, 0.3) is 0 Å². The van der Waals surface area contributed by atoms with Crippen molar-refractivity contribution in [2.45, 2.75) is 193 Å². The first-order valence-electron chi connectivity index (χ1n) is 16.0. The van der Waals surface area contributed by atoms with Crippen LogP contribution < -0.4 is 0 Å². The fourth-order valence-electron chi connectivity index (χ4n) is 4.96. The second-order valence-corrected chi connectivity index (χ2v) is 11.0. The van der Waals surface area contributed by atoms with Crippen LogP contribution in [0.3, 0.4) is 0 Å². The van der Waals surface area contributed by atoms with E-state index in [2.05, 4.69) is 13.8 Å². The molecule has 214 valence electrons. The van der Waals surface area contributed by atoms with Crippen molar-refractivity contribution in [1.82, 2.24) is 0 Å². The monoisotopic (exact) mass is 510 g/mol. The lowest BCUT2D eigenvalue weighted by atomic mass is 10.0. The molecule has 4 nitrogen and oxygen atoms in total. The standard InChI is InChI=1S/C32H62O4/c1-3-5-7-9-11-13-14-15-16-18-20-22-24-29-32(35)36-30(27-25-28-31(33)34)26-23-21-19-17-12-10-8-6-4-2/h30H,3-29H2,1-2H3,(H,33,34). The van der Waals surface area contributed by atoms with E-state index in [0.29, 0.717) is 19.3 Å². The maximum absolute atomic E-state index is 12.4. The Bertz CT molecular complexity index is 477. The Kier molecular flexibility index (Phi) is 27.7. The zero-order chi connectivity index (χ0) is 26.5. The van der Waals surface area contributed by atoms with E-state index in [1.165, 1.54) is 122 Å². The molecule has 0 aliphatic heterocycles. The van der Waals surface area contributed by atoms with Gasteiger partial charge in [-0.2, -0.15) is 0 Å². The number of aliphatic carboxylic acids is 1. The Hall–Kier alpha value is -1.06. The average Bonchev–Trinajstić information content (AvgIpc) is 2.85. The molecule has 0 spiro atoms. The number of rotatable bonds is 29. The van der Waals surface area contributed by atoms with E-state index in [1.807, 2.05) is 0 Å². The van der Waals surface area contributed by atoms with Crippen LogP contribution in [0.25, 0.3) is 0 Å². The van der Waals surface area contributed by atoms with Gasteiger partial charge in [-0.3, -0.25) is 9.59 Å². The van der Waals surface area contributed by atoms with E-state index in [-0.39, 0.29) is 18.5 Å². The molecule has 0 aliphatic rings. The number of carboxylic acid groups (broad SMARTS) is 1. The van der Waals surface area contributed by atoms with Crippen molar-refractivity contribution in [1.29, 1.82) is 0 Å². The highest BCUT2D eigenvalue weighted by Gasteiger charge is 2.15. The molecule has 0 aromatic carbocycles. The summed E-state index contributed by atoms with van der Waals surface area (Å²) in [6.07, 6.45) is 31.0. The Morgan fingerprint density at radius 3 is 1.28 bits per heavy atom. The van der Waals surface area contributed by atoms with Crippen molar-refractivity contribution in [3.05, 3.63) is 0 Å². The largest absolute Gasteiger partial charge is 0.481 e.